The summed E-state index contributed by atoms with van der Waals surface area (Å²) in [5.41, 5.74) is -0.581. The molecule has 0 spiro atoms. The number of rotatable bonds is 4. The van der Waals surface area contributed by atoms with Gasteiger partial charge in [0.1, 0.15) is 0 Å². The van der Waals surface area contributed by atoms with Crippen molar-refractivity contribution < 1.29 is 22.0 Å². The van der Waals surface area contributed by atoms with Crippen LogP contribution in [-0.4, -0.2) is 24.7 Å². The van der Waals surface area contributed by atoms with Crippen molar-refractivity contribution in [3.8, 4) is 17.1 Å². The maximum absolute atomic E-state index is 14.7. The van der Waals surface area contributed by atoms with E-state index in [0.29, 0.717) is 11.4 Å². The van der Waals surface area contributed by atoms with Gasteiger partial charge in [-0.15, -0.1) is 0 Å². The zero-order valence-electron chi connectivity index (χ0n) is 21.2. The molecule has 0 N–H and O–H groups in total. The molecule has 6 aromatic rings. The van der Waals surface area contributed by atoms with Gasteiger partial charge in [0.25, 0.3) is 0 Å². The molecular weight excluding hydrogens is 525 g/mol. The van der Waals surface area contributed by atoms with Crippen LogP contribution in [0.4, 0.5) is 22.0 Å². The summed E-state index contributed by atoms with van der Waals surface area (Å²) >= 11 is 0. The van der Waals surface area contributed by atoms with E-state index in [0.717, 1.165) is 38.4 Å². The van der Waals surface area contributed by atoms with E-state index < -0.39 is 29.2 Å². The highest BCUT2D eigenvalue weighted by Crippen LogP contribution is 2.39. The summed E-state index contributed by atoms with van der Waals surface area (Å²) < 4.78 is 69.2. The van der Waals surface area contributed by atoms with Gasteiger partial charge in [-0.1, -0.05) is 48.5 Å². The first-order chi connectivity index (χ1) is 19.0. The Bertz CT molecular complexity index is 1910. The van der Waals surface area contributed by atoms with Gasteiger partial charge in [-0.05, 0) is 55.0 Å². The summed E-state index contributed by atoms with van der Waals surface area (Å²) in [5, 5.41) is 6.77. The van der Waals surface area contributed by atoms with Crippen LogP contribution in [0, 0.1) is 11.9 Å². The molecule has 200 valence electrons. The molecule has 0 aliphatic carbocycles. The summed E-state index contributed by atoms with van der Waals surface area (Å²) in [4.78, 5) is 13.0. The van der Waals surface area contributed by atoms with Crippen molar-refractivity contribution in [3.05, 3.63) is 114 Å². The summed E-state index contributed by atoms with van der Waals surface area (Å²) in [6.07, 6.45) is -3.38. The van der Waals surface area contributed by atoms with Crippen molar-refractivity contribution >= 4 is 21.5 Å². The van der Waals surface area contributed by atoms with Gasteiger partial charge >= 0.3 is 6.18 Å². The summed E-state index contributed by atoms with van der Waals surface area (Å²) in [6, 6.07) is 21.5. The van der Waals surface area contributed by atoms with E-state index in [1.165, 1.54) is 12.3 Å². The summed E-state index contributed by atoms with van der Waals surface area (Å²) in [6.45, 7) is 3.79. The number of hydrogen-bond donors (Lipinski definition) is 0. The highest BCUT2D eigenvalue weighted by molar-refractivity contribution is 5.91. The molecule has 0 atom stereocenters. The highest BCUT2D eigenvalue weighted by Gasteiger charge is 2.35. The number of fused-ring (bicyclic) bond motifs is 2. The van der Waals surface area contributed by atoms with Crippen molar-refractivity contribution in [1.29, 1.82) is 0 Å². The average Bonchev–Trinajstić information content (AvgIpc) is 3.43. The molecule has 0 saturated heterocycles. The van der Waals surface area contributed by atoms with Crippen molar-refractivity contribution in [2.75, 3.05) is 0 Å². The van der Waals surface area contributed by atoms with E-state index in [1.54, 1.807) is 12.1 Å². The number of benzene rings is 2. The van der Waals surface area contributed by atoms with Crippen LogP contribution in [-0.2, 0) is 11.6 Å². The van der Waals surface area contributed by atoms with E-state index in [1.807, 2.05) is 62.4 Å². The van der Waals surface area contributed by atoms with Crippen LogP contribution in [0.25, 0.3) is 38.6 Å². The monoisotopic (exact) mass is 545 g/mol. The molecule has 6 rings (SSSR count). The van der Waals surface area contributed by atoms with Gasteiger partial charge in [0.15, 0.2) is 11.5 Å². The van der Waals surface area contributed by atoms with E-state index in [4.69, 9.17) is 9.97 Å². The van der Waals surface area contributed by atoms with Crippen molar-refractivity contribution in [3.63, 3.8) is 0 Å². The highest BCUT2D eigenvalue weighted by atomic mass is 19.4. The standard InChI is InChI=1S/C30H20F5N5/c1-29(2,26-19-9-5-3-7-17(19)15-22(36-26)21-11-12-24(31)37-28(21)32)27-20-10-6-4-8-18(20)16-25(38-27)40-14-13-23(39-40)30(33,34)35/h3-16H,1-2H3. The Morgan fingerprint density at radius 2 is 1.32 bits per heavy atom. The molecule has 0 aliphatic rings. The molecule has 2 aromatic carbocycles. The Hall–Kier alpha value is -4.73. The molecule has 4 aromatic heterocycles. The van der Waals surface area contributed by atoms with Crippen LogP contribution in [0.5, 0.6) is 0 Å². The van der Waals surface area contributed by atoms with Crippen LogP contribution in [0.2, 0.25) is 0 Å². The summed E-state index contributed by atoms with van der Waals surface area (Å²) in [5.74, 6) is -1.73. The van der Waals surface area contributed by atoms with Crippen LogP contribution in [0.3, 0.4) is 0 Å². The van der Waals surface area contributed by atoms with E-state index in [-0.39, 0.29) is 17.1 Å². The fourth-order valence-electron chi connectivity index (χ4n) is 4.91. The SMILES string of the molecule is CC(C)(c1nc(-c2ccc(F)nc2F)cc2ccccc12)c1nc(-n2ccc(C(F)(F)F)n2)cc2ccccc12. The van der Waals surface area contributed by atoms with Gasteiger partial charge in [0.05, 0.1) is 28.1 Å². The van der Waals surface area contributed by atoms with Crippen LogP contribution >= 0.6 is 0 Å². The fraction of sp³-hybridized carbons (Fsp3) is 0.133. The molecule has 0 unspecified atom stereocenters. The molecule has 40 heavy (non-hydrogen) atoms. The Kier molecular flexibility index (Phi) is 5.86. The molecule has 10 heteroatoms. The Morgan fingerprint density at radius 3 is 1.95 bits per heavy atom. The Morgan fingerprint density at radius 1 is 0.700 bits per heavy atom. The first-order valence-corrected chi connectivity index (χ1v) is 12.3. The average molecular weight is 546 g/mol. The summed E-state index contributed by atoms with van der Waals surface area (Å²) in [7, 11) is 0. The van der Waals surface area contributed by atoms with Crippen molar-refractivity contribution in [1.82, 2.24) is 24.7 Å². The van der Waals surface area contributed by atoms with Gasteiger partial charge in [-0.25, -0.2) is 9.67 Å². The van der Waals surface area contributed by atoms with Gasteiger partial charge in [-0.3, -0.25) is 4.98 Å². The van der Waals surface area contributed by atoms with Gasteiger partial charge in [0.2, 0.25) is 11.9 Å². The second-order valence-corrected chi connectivity index (χ2v) is 9.87. The molecule has 0 amide bonds. The maximum atomic E-state index is 14.7. The van der Waals surface area contributed by atoms with Crippen LogP contribution in [0.1, 0.15) is 30.9 Å². The number of alkyl halides is 3. The van der Waals surface area contributed by atoms with Gasteiger partial charge in [-0.2, -0.15) is 32.0 Å². The molecule has 4 heterocycles. The largest absolute Gasteiger partial charge is 0.435 e. The third kappa shape index (κ3) is 4.35. The lowest BCUT2D eigenvalue weighted by atomic mass is 9.80. The lowest BCUT2D eigenvalue weighted by Crippen LogP contribution is -2.24. The quantitative estimate of drug-likeness (QED) is 0.169. The lowest BCUT2D eigenvalue weighted by molar-refractivity contribution is -0.141. The number of nitrogens with zero attached hydrogens (tertiary/aromatic N) is 5. The number of halogens is 5. The number of pyridine rings is 3. The number of hydrogen-bond acceptors (Lipinski definition) is 4. The van der Waals surface area contributed by atoms with E-state index >= 15 is 0 Å². The van der Waals surface area contributed by atoms with Gasteiger partial charge < -0.3 is 0 Å². The zero-order chi connectivity index (χ0) is 28.2. The molecule has 5 nitrogen and oxygen atoms in total. The first kappa shape index (κ1) is 25.5. The van der Waals surface area contributed by atoms with Crippen molar-refractivity contribution in [2.45, 2.75) is 25.4 Å². The minimum absolute atomic E-state index is 0.0343. The van der Waals surface area contributed by atoms with Crippen LogP contribution in [0.15, 0.2) is 85.1 Å². The molecule has 0 bridgehead atoms. The van der Waals surface area contributed by atoms with E-state index in [9.17, 15) is 22.0 Å². The Labute approximate surface area is 225 Å². The molecular formula is C30H20F5N5. The fourth-order valence-corrected chi connectivity index (χ4v) is 4.91. The van der Waals surface area contributed by atoms with Crippen LogP contribution < -0.4 is 0 Å². The van der Waals surface area contributed by atoms with E-state index in [2.05, 4.69) is 10.1 Å². The second kappa shape index (κ2) is 9.18. The smallest absolute Gasteiger partial charge is 0.251 e. The maximum Gasteiger partial charge on any atom is 0.435 e. The third-order valence-electron chi connectivity index (χ3n) is 6.86. The Balaban J connectivity index is 1.60. The second-order valence-electron chi connectivity index (χ2n) is 9.87. The molecule has 0 aliphatic heterocycles. The molecule has 0 saturated carbocycles. The minimum Gasteiger partial charge on any atom is -0.251 e. The lowest BCUT2D eigenvalue weighted by Gasteiger charge is -2.28. The third-order valence-corrected chi connectivity index (χ3v) is 6.86. The predicted molar refractivity (Wildman–Crippen MR) is 141 cm³/mol. The van der Waals surface area contributed by atoms with Crippen molar-refractivity contribution in [2.24, 2.45) is 0 Å². The molecule has 0 fully saturated rings. The number of aromatic nitrogens is 5. The predicted octanol–water partition coefficient (Wildman–Crippen LogP) is 7.65. The van der Waals surface area contributed by atoms with Gasteiger partial charge in [0, 0.05) is 17.0 Å². The molecule has 0 radical (unpaired) electrons. The topological polar surface area (TPSA) is 56.5 Å². The zero-order valence-corrected chi connectivity index (χ0v) is 21.2. The normalized spacial score (nSPS) is 12.4. The first-order valence-electron chi connectivity index (χ1n) is 12.3. The minimum atomic E-state index is -4.60.